The standard InChI is InChI=1S/C23H27IOS/c1-2-3-4-5-6-7-18-26-22-15-11-20(12-16-22)23(25)17-10-19-8-13-21(24)14-9-19/h8-17H,2-7,18H2,1H3. The van der Waals surface area contributed by atoms with Crippen LogP contribution in [0.25, 0.3) is 6.08 Å². The first-order chi connectivity index (χ1) is 12.7. The zero-order chi connectivity index (χ0) is 18.6. The minimum Gasteiger partial charge on any atom is -0.289 e. The van der Waals surface area contributed by atoms with Crippen molar-refractivity contribution in [2.45, 2.75) is 50.3 Å². The molecule has 2 aromatic rings. The Morgan fingerprint density at radius 2 is 1.58 bits per heavy atom. The molecule has 0 atom stereocenters. The number of thioether (sulfide) groups is 1. The first-order valence-corrected chi connectivity index (χ1v) is 11.5. The molecule has 2 rings (SSSR count). The largest absolute Gasteiger partial charge is 0.289 e. The van der Waals surface area contributed by atoms with E-state index in [-0.39, 0.29) is 5.78 Å². The third-order valence-corrected chi connectivity index (χ3v) is 6.02. The van der Waals surface area contributed by atoms with Crippen LogP contribution in [-0.4, -0.2) is 11.5 Å². The predicted molar refractivity (Wildman–Crippen MR) is 123 cm³/mol. The number of carbonyl (C=O) groups excluding carboxylic acids is 1. The summed E-state index contributed by atoms with van der Waals surface area (Å²) in [6, 6.07) is 16.1. The van der Waals surface area contributed by atoms with Crippen molar-refractivity contribution >= 4 is 46.2 Å². The maximum absolute atomic E-state index is 12.3. The van der Waals surface area contributed by atoms with E-state index in [1.807, 2.05) is 54.2 Å². The normalized spacial score (nSPS) is 11.2. The lowest BCUT2D eigenvalue weighted by molar-refractivity contribution is 0.104. The number of unbranched alkanes of at least 4 members (excludes halogenated alkanes) is 5. The molecule has 3 heteroatoms. The number of rotatable bonds is 11. The van der Waals surface area contributed by atoms with Gasteiger partial charge in [-0.1, -0.05) is 57.2 Å². The molecule has 0 aliphatic heterocycles. The average Bonchev–Trinajstić information content (AvgIpc) is 2.67. The van der Waals surface area contributed by atoms with Gasteiger partial charge in [-0.2, -0.15) is 0 Å². The minimum absolute atomic E-state index is 0.0519. The van der Waals surface area contributed by atoms with Gasteiger partial charge in [0.25, 0.3) is 0 Å². The number of halogens is 1. The number of benzene rings is 2. The summed E-state index contributed by atoms with van der Waals surface area (Å²) >= 11 is 4.16. The molecule has 138 valence electrons. The summed E-state index contributed by atoms with van der Waals surface area (Å²) in [5, 5.41) is 0. The fourth-order valence-corrected chi connectivity index (χ4v) is 3.90. The Bertz CT molecular complexity index is 689. The molecular formula is C23H27IOS. The van der Waals surface area contributed by atoms with E-state index in [9.17, 15) is 4.79 Å². The van der Waals surface area contributed by atoms with Crippen molar-refractivity contribution in [3.63, 3.8) is 0 Å². The van der Waals surface area contributed by atoms with Crippen molar-refractivity contribution in [1.82, 2.24) is 0 Å². The zero-order valence-electron chi connectivity index (χ0n) is 15.4. The molecule has 0 radical (unpaired) electrons. The van der Waals surface area contributed by atoms with Crippen LogP contribution in [-0.2, 0) is 0 Å². The number of carbonyl (C=O) groups is 1. The van der Waals surface area contributed by atoms with Gasteiger partial charge in [-0.3, -0.25) is 4.79 Å². The Kier molecular flexibility index (Phi) is 10.1. The van der Waals surface area contributed by atoms with Gasteiger partial charge < -0.3 is 0 Å². The number of hydrogen-bond acceptors (Lipinski definition) is 2. The molecule has 0 amide bonds. The Morgan fingerprint density at radius 1 is 0.923 bits per heavy atom. The van der Waals surface area contributed by atoms with E-state index in [1.54, 1.807) is 6.08 Å². The van der Waals surface area contributed by atoms with Gasteiger partial charge in [0, 0.05) is 14.0 Å². The highest BCUT2D eigenvalue weighted by molar-refractivity contribution is 14.1. The second-order valence-corrected chi connectivity index (χ2v) is 8.80. The molecule has 0 saturated carbocycles. The number of ketones is 1. The molecule has 0 aromatic heterocycles. The smallest absolute Gasteiger partial charge is 0.185 e. The SMILES string of the molecule is CCCCCCCCSc1ccc(C(=O)C=Cc2ccc(I)cc2)cc1. The van der Waals surface area contributed by atoms with E-state index in [4.69, 9.17) is 0 Å². The van der Waals surface area contributed by atoms with Gasteiger partial charge in [-0.15, -0.1) is 11.8 Å². The second kappa shape index (κ2) is 12.3. The molecule has 26 heavy (non-hydrogen) atoms. The van der Waals surface area contributed by atoms with Gasteiger partial charge in [-0.05, 0) is 82.8 Å². The lowest BCUT2D eigenvalue weighted by Crippen LogP contribution is -1.93. The van der Waals surface area contributed by atoms with Crippen molar-refractivity contribution in [2.75, 3.05) is 5.75 Å². The third-order valence-electron chi connectivity index (χ3n) is 4.20. The Labute approximate surface area is 175 Å². The van der Waals surface area contributed by atoms with Crippen LogP contribution in [0.5, 0.6) is 0 Å². The summed E-state index contributed by atoms with van der Waals surface area (Å²) in [5.41, 5.74) is 1.79. The molecule has 2 aromatic carbocycles. The lowest BCUT2D eigenvalue weighted by Gasteiger charge is -2.03. The third kappa shape index (κ3) is 8.09. The van der Waals surface area contributed by atoms with Crippen LogP contribution >= 0.6 is 34.4 Å². The Morgan fingerprint density at radius 3 is 2.27 bits per heavy atom. The summed E-state index contributed by atoms with van der Waals surface area (Å²) in [4.78, 5) is 13.5. The van der Waals surface area contributed by atoms with E-state index >= 15 is 0 Å². The first-order valence-electron chi connectivity index (χ1n) is 9.40. The Hall–Kier alpha value is -1.07. The second-order valence-electron chi connectivity index (χ2n) is 6.39. The van der Waals surface area contributed by atoms with E-state index in [0.717, 1.165) is 16.9 Å². The van der Waals surface area contributed by atoms with Crippen molar-refractivity contribution in [3.8, 4) is 0 Å². The molecule has 0 N–H and O–H groups in total. The fraction of sp³-hybridized carbons (Fsp3) is 0.348. The van der Waals surface area contributed by atoms with Crippen LogP contribution in [0.15, 0.2) is 59.5 Å². The summed E-state index contributed by atoms with van der Waals surface area (Å²) in [6.07, 6.45) is 11.5. The molecule has 0 aliphatic carbocycles. The van der Waals surface area contributed by atoms with E-state index in [1.165, 1.54) is 47.0 Å². The van der Waals surface area contributed by atoms with Crippen LogP contribution in [0.3, 0.4) is 0 Å². The average molecular weight is 478 g/mol. The van der Waals surface area contributed by atoms with Crippen molar-refractivity contribution < 1.29 is 4.79 Å². The van der Waals surface area contributed by atoms with Crippen molar-refractivity contribution in [3.05, 3.63) is 69.3 Å². The minimum atomic E-state index is 0.0519. The maximum Gasteiger partial charge on any atom is 0.185 e. The highest BCUT2D eigenvalue weighted by Gasteiger charge is 2.02. The molecule has 0 heterocycles. The van der Waals surface area contributed by atoms with Gasteiger partial charge in [0.15, 0.2) is 5.78 Å². The van der Waals surface area contributed by atoms with Crippen molar-refractivity contribution in [1.29, 1.82) is 0 Å². The van der Waals surface area contributed by atoms with Gasteiger partial charge in [0.05, 0.1) is 0 Å². The summed E-state index contributed by atoms with van der Waals surface area (Å²) in [7, 11) is 0. The van der Waals surface area contributed by atoms with E-state index < -0.39 is 0 Å². The van der Waals surface area contributed by atoms with Crippen LogP contribution < -0.4 is 0 Å². The quantitative estimate of drug-likeness (QED) is 0.109. The fourth-order valence-electron chi connectivity index (χ4n) is 2.63. The van der Waals surface area contributed by atoms with Gasteiger partial charge in [0.1, 0.15) is 0 Å². The zero-order valence-corrected chi connectivity index (χ0v) is 18.4. The summed E-state index contributed by atoms with van der Waals surface area (Å²) in [5.74, 6) is 1.21. The van der Waals surface area contributed by atoms with Crippen LogP contribution in [0.4, 0.5) is 0 Å². The monoisotopic (exact) mass is 478 g/mol. The molecule has 0 spiro atoms. The van der Waals surface area contributed by atoms with Gasteiger partial charge in [0.2, 0.25) is 0 Å². The van der Waals surface area contributed by atoms with Gasteiger partial charge >= 0.3 is 0 Å². The van der Waals surface area contributed by atoms with Crippen LogP contribution in [0.2, 0.25) is 0 Å². The molecule has 0 saturated heterocycles. The summed E-state index contributed by atoms with van der Waals surface area (Å²) in [6.45, 7) is 2.25. The lowest BCUT2D eigenvalue weighted by atomic mass is 10.1. The van der Waals surface area contributed by atoms with Crippen LogP contribution in [0, 0.1) is 3.57 Å². The molecule has 0 bridgehead atoms. The number of allylic oxidation sites excluding steroid dienone is 1. The highest BCUT2D eigenvalue weighted by atomic mass is 127. The highest BCUT2D eigenvalue weighted by Crippen LogP contribution is 2.21. The van der Waals surface area contributed by atoms with Crippen LogP contribution in [0.1, 0.15) is 61.4 Å². The molecule has 0 fully saturated rings. The maximum atomic E-state index is 12.3. The Balaban J connectivity index is 1.75. The first kappa shape index (κ1) is 21.2. The summed E-state index contributed by atoms with van der Waals surface area (Å²) < 4.78 is 1.19. The molecular weight excluding hydrogens is 451 g/mol. The molecule has 0 unspecified atom stereocenters. The topological polar surface area (TPSA) is 17.1 Å². The predicted octanol–water partition coefficient (Wildman–Crippen LogP) is 7.64. The molecule has 1 nitrogen and oxygen atoms in total. The van der Waals surface area contributed by atoms with Crippen molar-refractivity contribution in [2.24, 2.45) is 0 Å². The number of hydrogen-bond donors (Lipinski definition) is 0. The molecule has 0 aliphatic rings. The van der Waals surface area contributed by atoms with E-state index in [0.29, 0.717) is 0 Å². The van der Waals surface area contributed by atoms with E-state index in [2.05, 4.69) is 41.6 Å². The van der Waals surface area contributed by atoms with Gasteiger partial charge in [-0.25, -0.2) is 0 Å².